The van der Waals surface area contributed by atoms with E-state index in [-0.39, 0.29) is 11.8 Å². The minimum atomic E-state index is -0.0603. The molecule has 29 heavy (non-hydrogen) atoms. The molecule has 1 atom stereocenters. The Labute approximate surface area is 169 Å². The van der Waals surface area contributed by atoms with Gasteiger partial charge in [-0.3, -0.25) is 4.79 Å². The van der Waals surface area contributed by atoms with Crippen LogP contribution in [0.25, 0.3) is 0 Å². The molecule has 146 valence electrons. The van der Waals surface area contributed by atoms with E-state index in [1.807, 2.05) is 66.7 Å². The van der Waals surface area contributed by atoms with Gasteiger partial charge in [0.25, 0.3) is 0 Å². The predicted molar refractivity (Wildman–Crippen MR) is 110 cm³/mol. The maximum Gasteiger partial charge on any atom is 0.225 e. The lowest BCUT2D eigenvalue weighted by Gasteiger charge is -2.29. The first-order valence-electron chi connectivity index (χ1n) is 9.76. The summed E-state index contributed by atoms with van der Waals surface area (Å²) in [7, 11) is 0. The first-order chi connectivity index (χ1) is 14.3. The molecule has 5 heteroatoms. The van der Waals surface area contributed by atoms with E-state index >= 15 is 0 Å². The van der Waals surface area contributed by atoms with Gasteiger partial charge < -0.3 is 19.5 Å². The van der Waals surface area contributed by atoms with Gasteiger partial charge in [-0.25, -0.2) is 0 Å². The number of anilines is 1. The summed E-state index contributed by atoms with van der Waals surface area (Å²) in [5.74, 6) is 2.13. The van der Waals surface area contributed by atoms with Crippen LogP contribution in [0.5, 0.6) is 17.2 Å². The number of fused-ring (bicyclic) bond motifs is 2. The van der Waals surface area contributed by atoms with Crippen molar-refractivity contribution in [2.24, 2.45) is 0 Å². The molecule has 5 nitrogen and oxygen atoms in total. The normalized spacial score (nSPS) is 17.2. The van der Waals surface area contributed by atoms with Crippen molar-refractivity contribution in [2.45, 2.75) is 18.9 Å². The number of carbonyl (C=O) groups is 1. The van der Waals surface area contributed by atoms with Gasteiger partial charge in [0.15, 0.2) is 11.5 Å². The molecule has 0 spiro atoms. The second kappa shape index (κ2) is 7.51. The van der Waals surface area contributed by atoms with Crippen molar-refractivity contribution in [3.63, 3.8) is 0 Å². The summed E-state index contributed by atoms with van der Waals surface area (Å²) in [6, 6.07) is 21.9. The summed E-state index contributed by atoms with van der Waals surface area (Å²) in [5, 5.41) is 2.97. The Morgan fingerprint density at radius 3 is 2.55 bits per heavy atom. The maximum atomic E-state index is 12.4. The van der Waals surface area contributed by atoms with Crippen LogP contribution < -0.4 is 19.5 Å². The second-order valence-electron chi connectivity index (χ2n) is 7.23. The maximum absolute atomic E-state index is 12.4. The van der Waals surface area contributed by atoms with Crippen LogP contribution >= 0.6 is 0 Å². The molecule has 3 aromatic carbocycles. The van der Waals surface area contributed by atoms with Crippen molar-refractivity contribution in [1.29, 1.82) is 0 Å². The molecule has 0 saturated heterocycles. The van der Waals surface area contributed by atoms with E-state index in [0.29, 0.717) is 32.0 Å². The first kappa shape index (κ1) is 17.6. The predicted octanol–water partition coefficient (Wildman–Crippen LogP) is 4.51. The molecule has 2 aliphatic heterocycles. The number of nitrogens with one attached hydrogen (secondary N) is 1. The van der Waals surface area contributed by atoms with Crippen molar-refractivity contribution < 1.29 is 19.0 Å². The molecule has 1 amide bonds. The molecule has 0 aromatic heterocycles. The van der Waals surface area contributed by atoms with E-state index in [9.17, 15) is 4.79 Å². The van der Waals surface area contributed by atoms with Gasteiger partial charge in [-0.05, 0) is 34.9 Å². The third-order valence-electron chi connectivity index (χ3n) is 5.26. The highest BCUT2D eigenvalue weighted by Crippen LogP contribution is 2.44. The Morgan fingerprint density at radius 1 is 0.931 bits per heavy atom. The van der Waals surface area contributed by atoms with Crippen LogP contribution in [0.1, 0.15) is 29.0 Å². The number of hydrogen-bond acceptors (Lipinski definition) is 4. The van der Waals surface area contributed by atoms with Gasteiger partial charge in [-0.15, -0.1) is 0 Å². The fourth-order valence-corrected chi connectivity index (χ4v) is 3.86. The van der Waals surface area contributed by atoms with E-state index in [0.717, 1.165) is 33.9 Å². The molecular formula is C24H21NO4. The van der Waals surface area contributed by atoms with Gasteiger partial charge >= 0.3 is 0 Å². The summed E-state index contributed by atoms with van der Waals surface area (Å²) < 4.78 is 17.4. The average molecular weight is 387 g/mol. The number of hydrogen-bond donors (Lipinski definition) is 1. The number of benzene rings is 3. The first-order valence-corrected chi connectivity index (χ1v) is 9.76. The lowest BCUT2D eigenvalue weighted by Crippen LogP contribution is -2.24. The molecule has 5 rings (SSSR count). The summed E-state index contributed by atoms with van der Waals surface area (Å²) in [6.45, 7) is 1.56. The van der Waals surface area contributed by atoms with E-state index in [1.54, 1.807) is 0 Å². The largest absolute Gasteiger partial charge is 0.489 e. The molecule has 2 heterocycles. The van der Waals surface area contributed by atoms with E-state index in [4.69, 9.17) is 14.2 Å². The Kier molecular flexibility index (Phi) is 4.56. The molecule has 1 N–H and O–H groups in total. The highest BCUT2D eigenvalue weighted by Gasteiger charge is 2.29. The van der Waals surface area contributed by atoms with Crippen LogP contribution in [-0.4, -0.2) is 19.1 Å². The quantitative estimate of drug-likeness (QED) is 0.716. The van der Waals surface area contributed by atoms with Crippen molar-refractivity contribution in [3.8, 4) is 17.2 Å². The average Bonchev–Trinajstić information content (AvgIpc) is 2.77. The van der Waals surface area contributed by atoms with Gasteiger partial charge in [-0.1, -0.05) is 42.5 Å². The van der Waals surface area contributed by atoms with Gasteiger partial charge in [0, 0.05) is 24.1 Å². The number of amides is 1. The lowest BCUT2D eigenvalue weighted by atomic mass is 9.84. The van der Waals surface area contributed by atoms with Crippen molar-refractivity contribution in [3.05, 3.63) is 83.4 Å². The zero-order valence-electron chi connectivity index (χ0n) is 15.9. The molecule has 0 aliphatic carbocycles. The lowest BCUT2D eigenvalue weighted by molar-refractivity contribution is -0.116. The third kappa shape index (κ3) is 3.63. The minimum absolute atomic E-state index is 0.00483. The third-order valence-corrected chi connectivity index (χ3v) is 5.26. The van der Waals surface area contributed by atoms with Crippen LogP contribution in [0.3, 0.4) is 0 Å². The van der Waals surface area contributed by atoms with E-state index < -0.39 is 0 Å². The van der Waals surface area contributed by atoms with Crippen molar-refractivity contribution in [1.82, 2.24) is 0 Å². The molecule has 0 fully saturated rings. The Morgan fingerprint density at radius 2 is 1.72 bits per heavy atom. The number of carbonyl (C=O) groups excluding carboxylic acids is 1. The summed E-state index contributed by atoms with van der Waals surface area (Å²) in [4.78, 5) is 12.4. The molecule has 1 unspecified atom stereocenters. The molecule has 0 radical (unpaired) electrons. The monoisotopic (exact) mass is 387 g/mol. The van der Waals surface area contributed by atoms with Crippen LogP contribution in [0.2, 0.25) is 0 Å². The standard InChI is InChI=1S/C24H21NO4/c26-24-13-19(20-12-22-23(14-21(20)25-24)28-10-9-27-22)17-7-4-8-18(11-17)29-15-16-5-2-1-3-6-16/h1-8,11-12,14,19H,9-10,13,15H2,(H,25,26). The molecule has 0 saturated carbocycles. The van der Waals surface area contributed by atoms with Gasteiger partial charge in [0.05, 0.1) is 0 Å². The van der Waals surface area contributed by atoms with Crippen LogP contribution in [0.4, 0.5) is 5.69 Å². The van der Waals surface area contributed by atoms with Crippen molar-refractivity contribution in [2.75, 3.05) is 18.5 Å². The molecular weight excluding hydrogens is 366 g/mol. The minimum Gasteiger partial charge on any atom is -0.489 e. The second-order valence-corrected chi connectivity index (χ2v) is 7.23. The van der Waals surface area contributed by atoms with Crippen LogP contribution in [0, 0.1) is 0 Å². The van der Waals surface area contributed by atoms with E-state index in [1.165, 1.54) is 0 Å². The highest BCUT2D eigenvalue weighted by atomic mass is 16.6. The van der Waals surface area contributed by atoms with Gasteiger partial charge in [0.2, 0.25) is 5.91 Å². The number of rotatable bonds is 4. The van der Waals surface area contributed by atoms with Crippen LogP contribution in [-0.2, 0) is 11.4 Å². The smallest absolute Gasteiger partial charge is 0.225 e. The Hall–Kier alpha value is -3.47. The summed E-state index contributed by atoms with van der Waals surface area (Å²) >= 11 is 0. The fourth-order valence-electron chi connectivity index (χ4n) is 3.86. The molecule has 3 aromatic rings. The Bertz CT molecular complexity index is 1050. The van der Waals surface area contributed by atoms with Gasteiger partial charge in [0.1, 0.15) is 25.6 Å². The number of ether oxygens (including phenoxy) is 3. The van der Waals surface area contributed by atoms with E-state index in [2.05, 4.69) is 5.32 Å². The summed E-state index contributed by atoms with van der Waals surface area (Å²) in [5.41, 5.74) is 3.98. The Balaban J connectivity index is 1.44. The topological polar surface area (TPSA) is 56.8 Å². The zero-order valence-corrected chi connectivity index (χ0v) is 15.9. The zero-order chi connectivity index (χ0) is 19.6. The van der Waals surface area contributed by atoms with Gasteiger partial charge in [-0.2, -0.15) is 0 Å². The van der Waals surface area contributed by atoms with Crippen LogP contribution in [0.15, 0.2) is 66.7 Å². The highest BCUT2D eigenvalue weighted by molar-refractivity contribution is 5.96. The molecule has 0 bridgehead atoms. The molecule has 2 aliphatic rings. The SMILES string of the molecule is O=C1CC(c2cccc(OCc3ccccc3)c2)c2cc3c(cc2N1)OCCO3. The van der Waals surface area contributed by atoms with Crippen molar-refractivity contribution >= 4 is 11.6 Å². The fraction of sp³-hybridized carbons (Fsp3) is 0.208. The summed E-state index contributed by atoms with van der Waals surface area (Å²) in [6.07, 6.45) is 0.384.